The van der Waals surface area contributed by atoms with Gasteiger partial charge in [-0.05, 0) is 66.9 Å². The quantitative estimate of drug-likeness (QED) is 0.271. The van der Waals surface area contributed by atoms with Crippen LogP contribution in [0, 0.1) is 13.8 Å². The second-order valence-corrected chi connectivity index (χ2v) is 8.71. The number of carbonyl (C=O) groups excluding carboxylic acids is 2. The van der Waals surface area contributed by atoms with Gasteiger partial charge in [0.05, 0.1) is 18.7 Å². The van der Waals surface area contributed by atoms with E-state index in [1.54, 1.807) is 43.5 Å². The Balaban J connectivity index is 1.98. The van der Waals surface area contributed by atoms with Crippen LogP contribution in [0.5, 0.6) is 5.75 Å². The number of aliphatic hydroxyl groups is 1. The SMILES string of the molecule is COc1ccc(/C(O)=C2\C(=O)C(=O)N(c3cc(Cl)cc(Cl)c3)C2c2ccccc2C)cc1C. The summed E-state index contributed by atoms with van der Waals surface area (Å²) in [4.78, 5) is 27.9. The number of aryl methyl sites for hydroxylation is 2. The second kappa shape index (κ2) is 8.93. The number of rotatable bonds is 4. The molecule has 1 amide bonds. The second-order valence-electron chi connectivity index (χ2n) is 7.84. The predicted octanol–water partition coefficient (Wildman–Crippen LogP) is 6.25. The summed E-state index contributed by atoms with van der Waals surface area (Å²) in [6, 6.07) is 16.3. The number of aliphatic hydroxyl groups excluding tert-OH is 1. The fourth-order valence-electron chi connectivity index (χ4n) is 4.15. The summed E-state index contributed by atoms with van der Waals surface area (Å²) in [5, 5.41) is 11.9. The van der Waals surface area contributed by atoms with E-state index in [4.69, 9.17) is 27.9 Å². The lowest BCUT2D eigenvalue weighted by atomic mass is 9.92. The molecule has 3 aromatic rings. The number of nitrogens with zero attached hydrogens (tertiary/aromatic N) is 1. The van der Waals surface area contributed by atoms with Crippen molar-refractivity contribution in [1.29, 1.82) is 0 Å². The molecule has 0 aliphatic carbocycles. The van der Waals surface area contributed by atoms with E-state index in [0.29, 0.717) is 32.6 Å². The molecule has 0 bridgehead atoms. The number of carbonyl (C=O) groups is 2. The van der Waals surface area contributed by atoms with Gasteiger partial charge in [0.25, 0.3) is 11.7 Å². The molecular formula is C26H21Cl2NO4. The van der Waals surface area contributed by atoms with Crippen LogP contribution < -0.4 is 9.64 Å². The molecular weight excluding hydrogens is 461 g/mol. The third-order valence-corrected chi connectivity index (χ3v) is 6.16. The first-order chi connectivity index (χ1) is 15.7. The van der Waals surface area contributed by atoms with Gasteiger partial charge in [-0.3, -0.25) is 14.5 Å². The minimum atomic E-state index is -0.858. The molecule has 1 N–H and O–H groups in total. The summed E-state index contributed by atoms with van der Waals surface area (Å²) >= 11 is 12.4. The summed E-state index contributed by atoms with van der Waals surface area (Å²) in [6.07, 6.45) is 0. The molecule has 0 aromatic heterocycles. The molecule has 1 saturated heterocycles. The van der Waals surface area contributed by atoms with Crippen molar-refractivity contribution in [3.63, 3.8) is 0 Å². The molecule has 1 aliphatic heterocycles. The molecule has 1 fully saturated rings. The van der Waals surface area contributed by atoms with Crippen molar-refractivity contribution in [2.45, 2.75) is 19.9 Å². The average molecular weight is 482 g/mol. The first-order valence-electron chi connectivity index (χ1n) is 10.2. The molecule has 5 nitrogen and oxygen atoms in total. The Morgan fingerprint density at radius 2 is 1.61 bits per heavy atom. The predicted molar refractivity (Wildman–Crippen MR) is 130 cm³/mol. The van der Waals surface area contributed by atoms with Crippen LogP contribution in [-0.2, 0) is 9.59 Å². The normalized spacial score (nSPS) is 17.5. The zero-order valence-electron chi connectivity index (χ0n) is 18.2. The maximum Gasteiger partial charge on any atom is 0.300 e. The maximum absolute atomic E-state index is 13.3. The van der Waals surface area contributed by atoms with Crippen LogP contribution in [0.2, 0.25) is 10.0 Å². The maximum atomic E-state index is 13.3. The molecule has 1 unspecified atom stereocenters. The number of methoxy groups -OCH3 is 1. The van der Waals surface area contributed by atoms with E-state index in [1.807, 2.05) is 38.1 Å². The molecule has 7 heteroatoms. The van der Waals surface area contributed by atoms with Gasteiger partial charge in [0.2, 0.25) is 0 Å². The molecule has 4 rings (SSSR count). The van der Waals surface area contributed by atoms with Crippen molar-refractivity contribution in [2.24, 2.45) is 0 Å². The van der Waals surface area contributed by atoms with Gasteiger partial charge >= 0.3 is 0 Å². The highest BCUT2D eigenvalue weighted by Gasteiger charge is 2.47. The fourth-order valence-corrected chi connectivity index (χ4v) is 4.66. The first-order valence-corrected chi connectivity index (χ1v) is 11.0. The highest BCUT2D eigenvalue weighted by Crippen LogP contribution is 2.44. The van der Waals surface area contributed by atoms with Crippen molar-refractivity contribution in [1.82, 2.24) is 0 Å². The molecule has 0 saturated carbocycles. The van der Waals surface area contributed by atoms with Crippen molar-refractivity contribution < 1.29 is 19.4 Å². The number of benzene rings is 3. The van der Waals surface area contributed by atoms with Gasteiger partial charge in [-0.1, -0.05) is 47.5 Å². The molecule has 3 aromatic carbocycles. The monoisotopic (exact) mass is 481 g/mol. The highest BCUT2D eigenvalue weighted by atomic mass is 35.5. The minimum Gasteiger partial charge on any atom is -0.507 e. The number of ketones is 1. The number of amides is 1. The van der Waals surface area contributed by atoms with Crippen molar-refractivity contribution >= 4 is 46.3 Å². The van der Waals surface area contributed by atoms with Crippen molar-refractivity contribution in [2.75, 3.05) is 12.0 Å². The average Bonchev–Trinajstić information content (AvgIpc) is 3.03. The minimum absolute atomic E-state index is 0.00466. The number of halogens is 2. The Morgan fingerprint density at radius 1 is 0.939 bits per heavy atom. The van der Waals surface area contributed by atoms with Crippen LogP contribution in [0.15, 0.2) is 66.2 Å². The number of ether oxygens (including phenoxy) is 1. The van der Waals surface area contributed by atoms with E-state index >= 15 is 0 Å². The fraction of sp³-hybridized carbons (Fsp3) is 0.154. The van der Waals surface area contributed by atoms with Gasteiger partial charge in [0.1, 0.15) is 11.5 Å². The lowest BCUT2D eigenvalue weighted by molar-refractivity contribution is -0.132. The van der Waals surface area contributed by atoms with Crippen LogP contribution in [-0.4, -0.2) is 23.9 Å². The number of Topliss-reactive ketones (excluding diaryl/α,β-unsaturated/α-hetero) is 1. The van der Waals surface area contributed by atoms with Gasteiger partial charge in [0, 0.05) is 21.3 Å². The zero-order chi connectivity index (χ0) is 23.9. The van der Waals surface area contributed by atoms with E-state index in [-0.39, 0.29) is 11.3 Å². The summed E-state index contributed by atoms with van der Waals surface area (Å²) in [5.74, 6) is -1.17. The van der Waals surface area contributed by atoms with Gasteiger partial charge < -0.3 is 9.84 Å². The molecule has 0 spiro atoms. The standard InChI is InChI=1S/C26H21Cl2NO4/c1-14-6-4-5-7-20(14)23-22(24(30)16-8-9-21(33-3)15(2)10-16)25(31)26(32)29(23)19-12-17(27)11-18(28)13-19/h4-13,23,30H,1-3H3/b24-22+. The Labute approximate surface area is 201 Å². The smallest absolute Gasteiger partial charge is 0.300 e. The first kappa shape index (κ1) is 22.9. The number of anilines is 1. The van der Waals surface area contributed by atoms with Gasteiger partial charge in [0.15, 0.2) is 0 Å². The van der Waals surface area contributed by atoms with Gasteiger partial charge in [-0.15, -0.1) is 0 Å². The number of hydrogen-bond donors (Lipinski definition) is 1. The van der Waals surface area contributed by atoms with Crippen LogP contribution in [0.4, 0.5) is 5.69 Å². The van der Waals surface area contributed by atoms with E-state index in [2.05, 4.69) is 0 Å². The topological polar surface area (TPSA) is 66.8 Å². The van der Waals surface area contributed by atoms with Crippen LogP contribution in [0.25, 0.3) is 5.76 Å². The Kier molecular flexibility index (Phi) is 6.19. The Hall–Kier alpha value is -3.28. The van der Waals surface area contributed by atoms with E-state index in [9.17, 15) is 14.7 Å². The molecule has 33 heavy (non-hydrogen) atoms. The van der Waals surface area contributed by atoms with Gasteiger partial charge in [-0.25, -0.2) is 0 Å². The van der Waals surface area contributed by atoms with Crippen LogP contribution in [0.1, 0.15) is 28.3 Å². The summed E-state index contributed by atoms with van der Waals surface area (Å²) in [7, 11) is 1.56. The third-order valence-electron chi connectivity index (χ3n) is 5.72. The van der Waals surface area contributed by atoms with E-state index in [1.165, 1.54) is 4.90 Å². The Morgan fingerprint density at radius 3 is 2.21 bits per heavy atom. The van der Waals surface area contributed by atoms with E-state index < -0.39 is 17.7 Å². The number of hydrogen-bond acceptors (Lipinski definition) is 4. The molecule has 1 heterocycles. The lowest BCUT2D eigenvalue weighted by Crippen LogP contribution is -2.29. The molecule has 1 aliphatic rings. The largest absolute Gasteiger partial charge is 0.507 e. The highest BCUT2D eigenvalue weighted by molar-refractivity contribution is 6.52. The van der Waals surface area contributed by atoms with Gasteiger partial charge in [-0.2, -0.15) is 0 Å². The Bertz CT molecular complexity index is 1300. The van der Waals surface area contributed by atoms with Crippen LogP contribution in [0.3, 0.4) is 0 Å². The third kappa shape index (κ3) is 4.10. The zero-order valence-corrected chi connectivity index (χ0v) is 19.7. The summed E-state index contributed by atoms with van der Waals surface area (Å²) in [5.41, 5.74) is 3.13. The van der Waals surface area contributed by atoms with Crippen LogP contribution >= 0.6 is 23.2 Å². The molecule has 168 valence electrons. The molecule has 0 radical (unpaired) electrons. The van der Waals surface area contributed by atoms with E-state index in [0.717, 1.165) is 11.1 Å². The summed E-state index contributed by atoms with van der Waals surface area (Å²) in [6.45, 7) is 3.72. The van der Waals surface area contributed by atoms with Crippen molar-refractivity contribution in [3.8, 4) is 5.75 Å². The molecule has 1 atom stereocenters. The van der Waals surface area contributed by atoms with Crippen molar-refractivity contribution in [3.05, 3.63) is 98.5 Å². The lowest BCUT2D eigenvalue weighted by Gasteiger charge is -2.27. The summed E-state index contributed by atoms with van der Waals surface area (Å²) < 4.78 is 5.29.